The van der Waals surface area contributed by atoms with E-state index < -0.39 is 0 Å². The maximum atomic E-state index is 12.9. The molecule has 2 heterocycles. The molecule has 31 heavy (non-hydrogen) atoms. The van der Waals surface area contributed by atoms with Gasteiger partial charge in [0.05, 0.1) is 5.75 Å². The molecule has 6 heteroatoms. The van der Waals surface area contributed by atoms with E-state index in [4.69, 9.17) is 4.42 Å². The van der Waals surface area contributed by atoms with Crippen LogP contribution in [0.1, 0.15) is 46.0 Å². The van der Waals surface area contributed by atoms with Gasteiger partial charge in [0, 0.05) is 29.1 Å². The third kappa shape index (κ3) is 4.80. The van der Waals surface area contributed by atoms with Crippen molar-refractivity contribution in [3.63, 3.8) is 0 Å². The van der Waals surface area contributed by atoms with Crippen molar-refractivity contribution in [2.45, 2.75) is 38.3 Å². The average molecular weight is 432 g/mol. The molecule has 158 valence electrons. The zero-order valence-electron chi connectivity index (χ0n) is 17.9. The highest BCUT2D eigenvalue weighted by Gasteiger charge is 2.18. The van der Waals surface area contributed by atoms with Crippen LogP contribution in [0.2, 0.25) is 0 Å². The van der Waals surface area contributed by atoms with Gasteiger partial charge in [-0.15, -0.1) is 10.2 Å². The smallest absolute Gasteiger partial charge is 0.277 e. The van der Waals surface area contributed by atoms with Crippen LogP contribution in [-0.4, -0.2) is 26.3 Å². The SMILES string of the molecule is Cc1cc(C(=O)CSc2nnc(CC(C)c3ccccc3)o2)c(C)n1-c1ccccc1. The number of para-hydroxylation sites is 1. The van der Waals surface area contributed by atoms with E-state index in [0.717, 1.165) is 22.6 Å². The standard InChI is InChI=1S/C25H25N3O2S/c1-17(20-10-6-4-7-11-20)14-24-26-27-25(30-24)31-16-23(29)22-15-18(2)28(19(22)3)21-12-8-5-9-13-21/h4-13,15,17H,14,16H2,1-3H3. The lowest BCUT2D eigenvalue weighted by Crippen LogP contribution is -2.05. The minimum atomic E-state index is 0.0534. The largest absolute Gasteiger partial charge is 0.416 e. The quantitative estimate of drug-likeness (QED) is 0.261. The van der Waals surface area contributed by atoms with E-state index in [1.807, 2.05) is 68.4 Å². The fourth-order valence-electron chi connectivity index (χ4n) is 3.76. The van der Waals surface area contributed by atoms with Crippen LogP contribution in [0.4, 0.5) is 0 Å². The average Bonchev–Trinajstić information content (AvgIpc) is 3.36. The molecule has 1 unspecified atom stereocenters. The van der Waals surface area contributed by atoms with Crippen LogP contribution in [0.3, 0.4) is 0 Å². The van der Waals surface area contributed by atoms with Crippen LogP contribution in [0.5, 0.6) is 0 Å². The summed E-state index contributed by atoms with van der Waals surface area (Å²) in [7, 11) is 0. The molecule has 0 amide bonds. The molecule has 4 aromatic rings. The summed E-state index contributed by atoms with van der Waals surface area (Å²) in [6.07, 6.45) is 0.670. The minimum Gasteiger partial charge on any atom is -0.416 e. The number of aromatic nitrogens is 3. The molecule has 0 bridgehead atoms. The van der Waals surface area contributed by atoms with Crippen LogP contribution < -0.4 is 0 Å². The molecular formula is C25H25N3O2S. The van der Waals surface area contributed by atoms with Crippen molar-refractivity contribution in [3.05, 3.63) is 95.1 Å². The maximum absolute atomic E-state index is 12.9. The fraction of sp³-hybridized carbons (Fsp3) is 0.240. The molecule has 1 atom stereocenters. The van der Waals surface area contributed by atoms with Gasteiger partial charge in [0.15, 0.2) is 5.78 Å². The van der Waals surface area contributed by atoms with E-state index in [1.54, 1.807) is 0 Å². The molecule has 2 aromatic heterocycles. The Morgan fingerprint density at radius 3 is 2.42 bits per heavy atom. The van der Waals surface area contributed by atoms with E-state index in [1.165, 1.54) is 17.3 Å². The highest BCUT2D eigenvalue weighted by molar-refractivity contribution is 7.99. The molecule has 0 aliphatic rings. The fourth-order valence-corrected chi connectivity index (χ4v) is 4.43. The second kappa shape index (κ2) is 9.35. The van der Waals surface area contributed by atoms with E-state index in [-0.39, 0.29) is 17.5 Å². The number of thioether (sulfide) groups is 1. The van der Waals surface area contributed by atoms with Gasteiger partial charge in [-0.3, -0.25) is 4.79 Å². The second-order valence-electron chi connectivity index (χ2n) is 7.65. The lowest BCUT2D eigenvalue weighted by Gasteiger charge is -2.09. The van der Waals surface area contributed by atoms with E-state index in [2.05, 4.69) is 33.8 Å². The molecular weight excluding hydrogens is 406 g/mol. The summed E-state index contributed by atoms with van der Waals surface area (Å²) >= 11 is 1.29. The molecule has 0 N–H and O–H groups in total. The van der Waals surface area contributed by atoms with E-state index in [9.17, 15) is 4.79 Å². The maximum Gasteiger partial charge on any atom is 0.277 e. The monoisotopic (exact) mass is 431 g/mol. The first-order valence-electron chi connectivity index (χ1n) is 10.3. The van der Waals surface area contributed by atoms with Crippen molar-refractivity contribution in [1.82, 2.24) is 14.8 Å². The van der Waals surface area contributed by atoms with Crippen molar-refractivity contribution in [2.24, 2.45) is 0 Å². The molecule has 0 aliphatic heterocycles. The first-order valence-corrected chi connectivity index (χ1v) is 11.3. The number of benzene rings is 2. The highest BCUT2D eigenvalue weighted by atomic mass is 32.2. The van der Waals surface area contributed by atoms with Crippen molar-refractivity contribution in [2.75, 3.05) is 5.75 Å². The number of carbonyl (C=O) groups excluding carboxylic acids is 1. The zero-order valence-corrected chi connectivity index (χ0v) is 18.7. The van der Waals surface area contributed by atoms with Gasteiger partial charge in [0.1, 0.15) is 0 Å². The van der Waals surface area contributed by atoms with Gasteiger partial charge in [0.2, 0.25) is 5.89 Å². The summed E-state index contributed by atoms with van der Waals surface area (Å²) in [6.45, 7) is 6.13. The molecule has 0 spiro atoms. The Balaban J connectivity index is 1.40. The Morgan fingerprint density at radius 1 is 1.03 bits per heavy atom. The predicted molar refractivity (Wildman–Crippen MR) is 123 cm³/mol. The third-order valence-corrected chi connectivity index (χ3v) is 6.19. The number of carbonyl (C=O) groups is 1. The summed E-state index contributed by atoms with van der Waals surface area (Å²) in [5, 5.41) is 8.70. The minimum absolute atomic E-state index is 0.0534. The zero-order chi connectivity index (χ0) is 21.8. The Bertz CT molecular complexity index is 1170. The first-order chi connectivity index (χ1) is 15.0. The summed E-state index contributed by atoms with van der Waals surface area (Å²) in [6, 6.07) is 22.3. The Morgan fingerprint density at radius 2 is 1.71 bits per heavy atom. The molecule has 2 aromatic carbocycles. The third-order valence-electron chi connectivity index (χ3n) is 5.37. The van der Waals surface area contributed by atoms with Gasteiger partial charge in [-0.25, -0.2) is 0 Å². The molecule has 4 rings (SSSR count). The van der Waals surface area contributed by atoms with Gasteiger partial charge in [-0.1, -0.05) is 67.2 Å². The van der Waals surface area contributed by atoms with Gasteiger partial charge < -0.3 is 8.98 Å². The Hall–Kier alpha value is -3.12. The lowest BCUT2D eigenvalue weighted by atomic mass is 9.98. The van der Waals surface area contributed by atoms with Crippen molar-refractivity contribution in [1.29, 1.82) is 0 Å². The van der Waals surface area contributed by atoms with Gasteiger partial charge >= 0.3 is 0 Å². The number of hydrogen-bond donors (Lipinski definition) is 0. The van der Waals surface area contributed by atoms with Crippen LogP contribution in [-0.2, 0) is 6.42 Å². The predicted octanol–water partition coefficient (Wildman–Crippen LogP) is 5.80. The van der Waals surface area contributed by atoms with Crippen LogP contribution in [0.15, 0.2) is 76.4 Å². The number of Topliss-reactive ketones (excluding diaryl/α,β-unsaturated/α-hetero) is 1. The van der Waals surface area contributed by atoms with Crippen LogP contribution >= 0.6 is 11.8 Å². The van der Waals surface area contributed by atoms with Crippen molar-refractivity contribution >= 4 is 17.5 Å². The number of aryl methyl sites for hydroxylation is 1. The summed E-state index contributed by atoms with van der Waals surface area (Å²) in [4.78, 5) is 12.9. The number of ketones is 1. The normalized spacial score (nSPS) is 12.1. The lowest BCUT2D eigenvalue weighted by molar-refractivity contribution is 0.102. The molecule has 0 saturated heterocycles. The highest BCUT2D eigenvalue weighted by Crippen LogP contribution is 2.25. The van der Waals surface area contributed by atoms with Gasteiger partial charge in [-0.05, 0) is 43.5 Å². The number of rotatable bonds is 8. The van der Waals surface area contributed by atoms with E-state index in [0.29, 0.717) is 17.5 Å². The molecule has 0 aliphatic carbocycles. The van der Waals surface area contributed by atoms with Crippen molar-refractivity contribution in [3.8, 4) is 5.69 Å². The Kier molecular flexibility index (Phi) is 6.37. The van der Waals surface area contributed by atoms with Gasteiger partial charge in [-0.2, -0.15) is 0 Å². The first kappa shape index (κ1) is 21.1. The number of nitrogens with zero attached hydrogens (tertiary/aromatic N) is 3. The van der Waals surface area contributed by atoms with Gasteiger partial charge in [0.25, 0.3) is 5.22 Å². The van der Waals surface area contributed by atoms with Crippen LogP contribution in [0.25, 0.3) is 5.69 Å². The molecule has 0 saturated carbocycles. The van der Waals surface area contributed by atoms with Crippen LogP contribution in [0, 0.1) is 13.8 Å². The topological polar surface area (TPSA) is 60.9 Å². The summed E-state index contributed by atoms with van der Waals surface area (Å²) < 4.78 is 7.88. The molecule has 0 radical (unpaired) electrons. The van der Waals surface area contributed by atoms with Crippen molar-refractivity contribution < 1.29 is 9.21 Å². The van der Waals surface area contributed by atoms with E-state index >= 15 is 0 Å². The molecule has 5 nitrogen and oxygen atoms in total. The Labute approximate surface area is 186 Å². The summed E-state index contributed by atoms with van der Waals surface area (Å²) in [5.74, 6) is 1.19. The second-order valence-corrected chi connectivity index (χ2v) is 8.57. The number of hydrogen-bond acceptors (Lipinski definition) is 5. The summed E-state index contributed by atoms with van der Waals surface area (Å²) in [5.41, 5.74) is 4.99. The molecule has 0 fully saturated rings.